The van der Waals surface area contributed by atoms with Crippen molar-refractivity contribution in [3.63, 3.8) is 0 Å². The molecule has 1 heterocycles. The third kappa shape index (κ3) is 3.62. The molecule has 0 bridgehead atoms. The number of hydrogen-bond acceptors (Lipinski definition) is 5. The molecule has 1 aliphatic rings. The minimum absolute atomic E-state index is 0.0168. The SMILES string of the molecule is Cc1noc(CNCC(=O)NCC2CC2)n1. The van der Waals surface area contributed by atoms with Gasteiger partial charge in [0.25, 0.3) is 0 Å². The van der Waals surface area contributed by atoms with Crippen molar-refractivity contribution >= 4 is 5.91 Å². The first-order valence-corrected chi connectivity index (χ1v) is 5.50. The first-order chi connectivity index (χ1) is 7.74. The van der Waals surface area contributed by atoms with E-state index < -0.39 is 0 Å². The zero-order valence-corrected chi connectivity index (χ0v) is 9.32. The van der Waals surface area contributed by atoms with Crippen LogP contribution in [-0.4, -0.2) is 29.1 Å². The molecule has 6 heteroatoms. The maximum Gasteiger partial charge on any atom is 0.240 e. The summed E-state index contributed by atoms with van der Waals surface area (Å²) >= 11 is 0. The molecule has 6 nitrogen and oxygen atoms in total. The van der Waals surface area contributed by atoms with Gasteiger partial charge in [0, 0.05) is 6.54 Å². The molecule has 88 valence electrons. The average molecular weight is 224 g/mol. The van der Waals surface area contributed by atoms with E-state index in [9.17, 15) is 4.79 Å². The summed E-state index contributed by atoms with van der Waals surface area (Å²) < 4.78 is 4.90. The number of aromatic nitrogens is 2. The maximum atomic E-state index is 11.3. The van der Waals surface area contributed by atoms with Gasteiger partial charge in [-0.2, -0.15) is 4.98 Å². The highest BCUT2D eigenvalue weighted by molar-refractivity contribution is 5.77. The van der Waals surface area contributed by atoms with Crippen molar-refractivity contribution in [2.45, 2.75) is 26.3 Å². The van der Waals surface area contributed by atoms with Gasteiger partial charge < -0.3 is 9.84 Å². The van der Waals surface area contributed by atoms with E-state index in [4.69, 9.17) is 4.52 Å². The van der Waals surface area contributed by atoms with E-state index in [1.807, 2.05) is 0 Å². The second-order valence-electron chi connectivity index (χ2n) is 4.09. The van der Waals surface area contributed by atoms with Gasteiger partial charge in [0.05, 0.1) is 13.1 Å². The molecule has 1 aliphatic carbocycles. The highest BCUT2D eigenvalue weighted by Crippen LogP contribution is 2.27. The fourth-order valence-electron chi connectivity index (χ4n) is 1.34. The van der Waals surface area contributed by atoms with Crippen molar-refractivity contribution < 1.29 is 9.32 Å². The number of amides is 1. The lowest BCUT2D eigenvalue weighted by atomic mass is 10.4. The molecule has 0 aliphatic heterocycles. The van der Waals surface area contributed by atoms with Crippen molar-refractivity contribution in [2.75, 3.05) is 13.1 Å². The summed E-state index contributed by atoms with van der Waals surface area (Å²) in [6, 6.07) is 0. The molecule has 1 amide bonds. The van der Waals surface area contributed by atoms with Crippen LogP contribution in [0.5, 0.6) is 0 Å². The van der Waals surface area contributed by atoms with Gasteiger partial charge in [-0.3, -0.25) is 10.1 Å². The van der Waals surface area contributed by atoms with Crippen LogP contribution < -0.4 is 10.6 Å². The number of hydrogen-bond donors (Lipinski definition) is 2. The van der Waals surface area contributed by atoms with E-state index >= 15 is 0 Å². The summed E-state index contributed by atoms with van der Waals surface area (Å²) in [7, 11) is 0. The first-order valence-electron chi connectivity index (χ1n) is 5.50. The van der Waals surface area contributed by atoms with E-state index in [1.54, 1.807) is 6.92 Å². The molecule has 1 aromatic heterocycles. The Morgan fingerprint density at radius 2 is 2.38 bits per heavy atom. The van der Waals surface area contributed by atoms with Crippen molar-refractivity contribution in [3.8, 4) is 0 Å². The predicted molar refractivity (Wildman–Crippen MR) is 56.5 cm³/mol. The van der Waals surface area contributed by atoms with E-state index in [0.29, 0.717) is 24.2 Å². The number of carbonyl (C=O) groups excluding carboxylic acids is 1. The van der Waals surface area contributed by atoms with Gasteiger partial charge in [-0.15, -0.1) is 0 Å². The summed E-state index contributed by atoms with van der Waals surface area (Å²) in [4.78, 5) is 15.4. The van der Waals surface area contributed by atoms with Gasteiger partial charge in [-0.25, -0.2) is 0 Å². The van der Waals surface area contributed by atoms with Gasteiger partial charge in [-0.1, -0.05) is 5.16 Å². The van der Waals surface area contributed by atoms with Crippen LogP contribution in [0.3, 0.4) is 0 Å². The molecule has 1 aromatic rings. The zero-order chi connectivity index (χ0) is 11.4. The molecule has 0 atom stereocenters. The smallest absolute Gasteiger partial charge is 0.240 e. The summed E-state index contributed by atoms with van der Waals surface area (Å²) in [6.07, 6.45) is 2.49. The number of carbonyl (C=O) groups is 1. The fourth-order valence-corrected chi connectivity index (χ4v) is 1.34. The molecule has 1 saturated carbocycles. The molecule has 0 unspecified atom stereocenters. The highest BCUT2D eigenvalue weighted by atomic mass is 16.5. The number of nitrogens with zero attached hydrogens (tertiary/aromatic N) is 2. The molecular formula is C10H16N4O2. The van der Waals surface area contributed by atoms with Crippen LogP contribution >= 0.6 is 0 Å². The lowest BCUT2D eigenvalue weighted by molar-refractivity contribution is -0.120. The van der Waals surface area contributed by atoms with Gasteiger partial charge in [-0.05, 0) is 25.7 Å². The lowest BCUT2D eigenvalue weighted by Gasteiger charge is -2.03. The van der Waals surface area contributed by atoms with Gasteiger partial charge >= 0.3 is 0 Å². The molecular weight excluding hydrogens is 208 g/mol. The zero-order valence-electron chi connectivity index (χ0n) is 9.32. The normalized spacial score (nSPS) is 15.1. The standard InChI is InChI=1S/C10H16N4O2/c1-7-13-10(16-14-7)6-11-5-9(15)12-4-8-2-3-8/h8,11H,2-6H2,1H3,(H,12,15). The molecule has 1 fully saturated rings. The molecule has 0 saturated heterocycles. The van der Waals surface area contributed by atoms with Crippen molar-refractivity contribution in [2.24, 2.45) is 5.92 Å². The maximum absolute atomic E-state index is 11.3. The third-order valence-electron chi connectivity index (χ3n) is 2.42. The summed E-state index contributed by atoms with van der Waals surface area (Å²) in [6.45, 7) is 3.28. The van der Waals surface area contributed by atoms with Crippen LogP contribution in [0.25, 0.3) is 0 Å². The van der Waals surface area contributed by atoms with Gasteiger partial charge in [0.2, 0.25) is 11.8 Å². The number of nitrogens with one attached hydrogen (secondary N) is 2. The topological polar surface area (TPSA) is 80.0 Å². The highest BCUT2D eigenvalue weighted by Gasteiger charge is 2.21. The van der Waals surface area contributed by atoms with Crippen LogP contribution in [0.4, 0.5) is 0 Å². The van der Waals surface area contributed by atoms with E-state index in [2.05, 4.69) is 20.8 Å². The van der Waals surface area contributed by atoms with Crippen LogP contribution in [0, 0.1) is 12.8 Å². The third-order valence-corrected chi connectivity index (χ3v) is 2.42. The predicted octanol–water partition coefficient (Wildman–Crippen LogP) is -0.00618. The van der Waals surface area contributed by atoms with E-state index in [1.165, 1.54) is 12.8 Å². The lowest BCUT2D eigenvalue weighted by Crippen LogP contribution is -2.34. The fraction of sp³-hybridized carbons (Fsp3) is 0.700. The van der Waals surface area contributed by atoms with E-state index in [-0.39, 0.29) is 12.5 Å². The van der Waals surface area contributed by atoms with Crippen LogP contribution in [0.2, 0.25) is 0 Å². The van der Waals surface area contributed by atoms with Crippen LogP contribution in [-0.2, 0) is 11.3 Å². The average Bonchev–Trinajstić information content (AvgIpc) is 2.99. The van der Waals surface area contributed by atoms with Crippen molar-refractivity contribution in [1.29, 1.82) is 0 Å². The second kappa shape index (κ2) is 5.07. The van der Waals surface area contributed by atoms with Crippen molar-refractivity contribution in [3.05, 3.63) is 11.7 Å². The largest absolute Gasteiger partial charge is 0.355 e. The van der Waals surface area contributed by atoms with Gasteiger partial charge in [0.1, 0.15) is 0 Å². The Hall–Kier alpha value is -1.43. The summed E-state index contributed by atoms with van der Waals surface area (Å²) in [5.41, 5.74) is 0. The Bertz CT molecular complexity index is 359. The summed E-state index contributed by atoms with van der Waals surface area (Å²) in [5, 5.41) is 9.47. The van der Waals surface area contributed by atoms with E-state index in [0.717, 1.165) is 6.54 Å². The van der Waals surface area contributed by atoms with Gasteiger partial charge in [0.15, 0.2) is 5.82 Å². The number of aryl methyl sites for hydroxylation is 1. The summed E-state index contributed by atoms with van der Waals surface area (Å²) in [5.74, 6) is 1.84. The molecule has 0 aromatic carbocycles. The minimum atomic E-state index is 0.0168. The Morgan fingerprint density at radius 1 is 1.56 bits per heavy atom. The Balaban J connectivity index is 1.57. The molecule has 2 N–H and O–H groups in total. The Morgan fingerprint density at radius 3 is 3.00 bits per heavy atom. The molecule has 16 heavy (non-hydrogen) atoms. The van der Waals surface area contributed by atoms with Crippen LogP contribution in [0.15, 0.2) is 4.52 Å². The molecule has 0 radical (unpaired) electrons. The first kappa shape index (κ1) is 11.1. The molecule has 0 spiro atoms. The quantitative estimate of drug-likeness (QED) is 0.710. The minimum Gasteiger partial charge on any atom is -0.355 e. The Labute approximate surface area is 93.8 Å². The van der Waals surface area contributed by atoms with Crippen LogP contribution in [0.1, 0.15) is 24.6 Å². The second-order valence-corrected chi connectivity index (χ2v) is 4.09. The molecule has 2 rings (SSSR count). The number of rotatable bonds is 6. The monoisotopic (exact) mass is 224 g/mol. The Kier molecular flexibility index (Phi) is 3.51. The van der Waals surface area contributed by atoms with Crippen molar-refractivity contribution in [1.82, 2.24) is 20.8 Å².